The fourth-order valence-electron chi connectivity index (χ4n) is 3.76. The molecule has 0 aliphatic heterocycles. The van der Waals surface area contributed by atoms with Gasteiger partial charge < -0.3 is 9.47 Å². The molecule has 0 saturated heterocycles. The van der Waals surface area contributed by atoms with Gasteiger partial charge in [0.1, 0.15) is 0 Å². The molecule has 0 amide bonds. The first-order chi connectivity index (χ1) is 12.1. The van der Waals surface area contributed by atoms with Crippen molar-refractivity contribution in [3.8, 4) is 0 Å². The standard InChI is InChI=1S/C19H27N3O3/c1-4-16-10-17(12-24-14(3)23)18(21-22-20)19(13(16)2)25-11-15-8-6-5-7-9-15/h5-9,13,16-19H,4,10-12H2,1-3H3/t13-,16+,17-,18+,19+/m1/s1. The summed E-state index contributed by atoms with van der Waals surface area (Å²) in [6.07, 6.45) is 1.71. The molecule has 136 valence electrons. The van der Waals surface area contributed by atoms with Crippen molar-refractivity contribution in [3.05, 3.63) is 46.3 Å². The third-order valence-electron chi connectivity index (χ3n) is 5.18. The highest BCUT2D eigenvalue weighted by atomic mass is 16.5. The number of carbonyl (C=O) groups is 1. The maximum atomic E-state index is 11.2. The first kappa shape index (κ1) is 19.3. The lowest BCUT2D eigenvalue weighted by Crippen LogP contribution is -2.48. The van der Waals surface area contributed by atoms with Crippen molar-refractivity contribution < 1.29 is 14.3 Å². The summed E-state index contributed by atoms with van der Waals surface area (Å²) < 4.78 is 11.4. The Labute approximate surface area is 149 Å². The lowest BCUT2D eigenvalue weighted by atomic mass is 9.69. The highest BCUT2D eigenvalue weighted by Gasteiger charge is 2.42. The summed E-state index contributed by atoms with van der Waals surface area (Å²) >= 11 is 0. The summed E-state index contributed by atoms with van der Waals surface area (Å²) in [6.45, 7) is 6.46. The van der Waals surface area contributed by atoms with E-state index in [0.717, 1.165) is 18.4 Å². The number of esters is 1. The van der Waals surface area contributed by atoms with Gasteiger partial charge in [0.05, 0.1) is 25.4 Å². The fraction of sp³-hybridized carbons (Fsp3) is 0.632. The molecule has 1 aromatic carbocycles. The summed E-state index contributed by atoms with van der Waals surface area (Å²) in [5.74, 6) is 0.402. The molecule has 25 heavy (non-hydrogen) atoms. The Kier molecular flexibility index (Phi) is 7.29. The number of rotatable bonds is 7. The van der Waals surface area contributed by atoms with Crippen molar-refractivity contribution in [2.24, 2.45) is 22.9 Å². The zero-order valence-corrected chi connectivity index (χ0v) is 15.2. The van der Waals surface area contributed by atoms with Gasteiger partial charge in [-0.15, -0.1) is 0 Å². The molecule has 1 aromatic rings. The van der Waals surface area contributed by atoms with Crippen LogP contribution < -0.4 is 0 Å². The maximum absolute atomic E-state index is 11.2. The molecule has 0 radical (unpaired) electrons. The van der Waals surface area contributed by atoms with E-state index in [-0.39, 0.29) is 36.6 Å². The van der Waals surface area contributed by atoms with Crippen LogP contribution in [0, 0.1) is 17.8 Å². The second-order valence-electron chi connectivity index (χ2n) is 6.78. The van der Waals surface area contributed by atoms with Crippen LogP contribution in [0.15, 0.2) is 35.4 Å². The Bertz CT molecular complexity index is 601. The van der Waals surface area contributed by atoms with Crippen molar-refractivity contribution in [1.82, 2.24) is 0 Å². The first-order valence-corrected chi connectivity index (χ1v) is 8.89. The highest BCUT2D eigenvalue weighted by molar-refractivity contribution is 5.65. The van der Waals surface area contributed by atoms with Gasteiger partial charge in [0, 0.05) is 17.8 Å². The van der Waals surface area contributed by atoms with Gasteiger partial charge >= 0.3 is 5.97 Å². The number of ether oxygens (including phenoxy) is 2. The lowest BCUT2D eigenvalue weighted by Gasteiger charge is -2.43. The van der Waals surface area contributed by atoms with Crippen LogP contribution in [0.4, 0.5) is 0 Å². The highest BCUT2D eigenvalue weighted by Crippen LogP contribution is 2.40. The van der Waals surface area contributed by atoms with Gasteiger partial charge in [-0.3, -0.25) is 4.79 Å². The quantitative estimate of drug-likeness (QED) is 0.316. The first-order valence-electron chi connectivity index (χ1n) is 8.89. The molecule has 1 aliphatic rings. The molecule has 0 bridgehead atoms. The summed E-state index contributed by atoms with van der Waals surface area (Å²) in [6, 6.07) is 9.63. The van der Waals surface area contributed by atoms with E-state index in [2.05, 4.69) is 23.9 Å². The Balaban J connectivity index is 2.17. The number of benzene rings is 1. The van der Waals surface area contributed by atoms with Crippen LogP contribution in [-0.2, 0) is 20.9 Å². The van der Waals surface area contributed by atoms with Crippen LogP contribution in [0.2, 0.25) is 0 Å². The predicted molar refractivity (Wildman–Crippen MR) is 95.6 cm³/mol. The number of nitrogens with zero attached hydrogens (tertiary/aromatic N) is 3. The van der Waals surface area contributed by atoms with E-state index in [4.69, 9.17) is 15.0 Å². The number of carbonyl (C=O) groups excluding carboxylic acids is 1. The molecule has 0 N–H and O–H groups in total. The van der Waals surface area contributed by atoms with E-state index >= 15 is 0 Å². The van der Waals surface area contributed by atoms with Crippen LogP contribution >= 0.6 is 0 Å². The molecule has 0 unspecified atom stereocenters. The molecule has 1 saturated carbocycles. The SMILES string of the molecule is CC[C@H]1C[C@H](COC(C)=O)[C@H](N=[N+]=[N-])[C@@H](OCc2ccccc2)[C@@H]1C. The Hall–Kier alpha value is -2.04. The third-order valence-corrected chi connectivity index (χ3v) is 5.18. The van der Waals surface area contributed by atoms with Crippen LogP contribution in [-0.4, -0.2) is 24.7 Å². The average molecular weight is 345 g/mol. The normalized spacial score (nSPS) is 28.8. The maximum Gasteiger partial charge on any atom is 0.302 e. The summed E-state index contributed by atoms with van der Waals surface area (Å²) in [5, 5.41) is 4.02. The lowest BCUT2D eigenvalue weighted by molar-refractivity contribution is -0.145. The molecule has 0 heterocycles. The van der Waals surface area contributed by atoms with E-state index in [1.54, 1.807) is 0 Å². The van der Waals surface area contributed by atoms with E-state index in [1.165, 1.54) is 6.92 Å². The minimum atomic E-state index is -0.328. The summed E-state index contributed by atoms with van der Waals surface area (Å²) in [7, 11) is 0. The smallest absolute Gasteiger partial charge is 0.302 e. The van der Waals surface area contributed by atoms with Gasteiger partial charge in [-0.2, -0.15) is 0 Å². The molecule has 0 spiro atoms. The second kappa shape index (κ2) is 9.44. The van der Waals surface area contributed by atoms with Gasteiger partial charge in [-0.05, 0) is 29.4 Å². The third kappa shape index (κ3) is 5.21. The zero-order chi connectivity index (χ0) is 18.2. The monoisotopic (exact) mass is 345 g/mol. The molecule has 1 fully saturated rings. The van der Waals surface area contributed by atoms with Gasteiger partial charge in [0.2, 0.25) is 0 Å². The minimum Gasteiger partial charge on any atom is -0.466 e. The zero-order valence-electron chi connectivity index (χ0n) is 15.2. The molecule has 6 heteroatoms. The molecule has 5 atom stereocenters. The van der Waals surface area contributed by atoms with Crippen LogP contribution in [0.1, 0.15) is 39.2 Å². The summed E-state index contributed by atoms with van der Waals surface area (Å²) in [5.41, 5.74) is 10.1. The average Bonchev–Trinajstić information content (AvgIpc) is 2.61. The van der Waals surface area contributed by atoms with Gasteiger partial charge in [0.25, 0.3) is 0 Å². The molecule has 1 aliphatic carbocycles. The van der Waals surface area contributed by atoms with Gasteiger partial charge in [-0.25, -0.2) is 0 Å². The number of hydrogen-bond donors (Lipinski definition) is 0. The van der Waals surface area contributed by atoms with E-state index in [9.17, 15) is 4.79 Å². The molecule has 6 nitrogen and oxygen atoms in total. The summed E-state index contributed by atoms with van der Waals surface area (Å²) in [4.78, 5) is 14.2. The van der Waals surface area contributed by atoms with E-state index in [1.807, 2.05) is 30.3 Å². The van der Waals surface area contributed by atoms with Crippen molar-refractivity contribution in [3.63, 3.8) is 0 Å². The van der Waals surface area contributed by atoms with Crippen LogP contribution in [0.25, 0.3) is 10.4 Å². The molecular formula is C19H27N3O3. The molecule has 2 rings (SSSR count). The largest absolute Gasteiger partial charge is 0.466 e. The van der Waals surface area contributed by atoms with Crippen LogP contribution in [0.5, 0.6) is 0 Å². The van der Waals surface area contributed by atoms with Crippen molar-refractivity contribution in [1.29, 1.82) is 0 Å². The topological polar surface area (TPSA) is 84.3 Å². The molecule has 0 aromatic heterocycles. The number of hydrogen-bond acceptors (Lipinski definition) is 4. The van der Waals surface area contributed by atoms with E-state index in [0.29, 0.717) is 12.5 Å². The Morgan fingerprint density at radius 3 is 2.64 bits per heavy atom. The predicted octanol–water partition coefficient (Wildman–Crippen LogP) is 4.50. The number of azide groups is 1. The fourth-order valence-corrected chi connectivity index (χ4v) is 3.76. The second-order valence-corrected chi connectivity index (χ2v) is 6.78. The minimum absolute atomic E-state index is 0.0123. The van der Waals surface area contributed by atoms with Crippen LogP contribution in [0.3, 0.4) is 0 Å². The van der Waals surface area contributed by atoms with Crippen molar-refractivity contribution >= 4 is 5.97 Å². The van der Waals surface area contributed by atoms with Gasteiger partial charge in [0.15, 0.2) is 0 Å². The van der Waals surface area contributed by atoms with Crippen molar-refractivity contribution in [2.75, 3.05) is 6.61 Å². The Morgan fingerprint density at radius 1 is 1.32 bits per heavy atom. The Morgan fingerprint density at radius 2 is 2.04 bits per heavy atom. The molecular weight excluding hydrogens is 318 g/mol. The van der Waals surface area contributed by atoms with Crippen molar-refractivity contribution in [2.45, 2.75) is 52.4 Å². The van der Waals surface area contributed by atoms with Gasteiger partial charge in [-0.1, -0.05) is 55.7 Å². The van der Waals surface area contributed by atoms with E-state index < -0.39 is 0 Å².